The van der Waals surface area contributed by atoms with Crippen LogP contribution in [0, 0.1) is 3.57 Å². The van der Waals surface area contributed by atoms with Gasteiger partial charge in [0.1, 0.15) is 0 Å². The van der Waals surface area contributed by atoms with Gasteiger partial charge < -0.3 is 11.1 Å². The van der Waals surface area contributed by atoms with E-state index in [0.29, 0.717) is 6.04 Å². The Labute approximate surface area is 106 Å². The smallest absolute Gasteiger partial charge is 0.0576 e. The van der Waals surface area contributed by atoms with E-state index in [4.69, 9.17) is 5.73 Å². The van der Waals surface area contributed by atoms with Crippen LogP contribution in [0.4, 0.5) is 11.4 Å². The van der Waals surface area contributed by atoms with Crippen LogP contribution in [0.25, 0.3) is 0 Å². The molecular weight excluding hydrogens is 299 g/mol. The molecule has 0 aliphatic carbocycles. The van der Waals surface area contributed by atoms with E-state index in [0.717, 1.165) is 17.8 Å². The summed E-state index contributed by atoms with van der Waals surface area (Å²) in [5.74, 6) is 0. The second-order valence-electron chi connectivity index (χ2n) is 3.77. The van der Waals surface area contributed by atoms with Crippen molar-refractivity contribution in [3.8, 4) is 0 Å². The van der Waals surface area contributed by atoms with Crippen molar-refractivity contribution >= 4 is 34.0 Å². The van der Waals surface area contributed by atoms with E-state index < -0.39 is 0 Å². The molecule has 0 amide bonds. The fraction of sp³-hybridized carbons (Fsp3) is 0.500. The van der Waals surface area contributed by atoms with Crippen molar-refractivity contribution in [3.63, 3.8) is 0 Å². The molecule has 2 nitrogen and oxygen atoms in total. The number of hydrogen-bond acceptors (Lipinski definition) is 2. The van der Waals surface area contributed by atoms with Crippen LogP contribution in [-0.2, 0) is 0 Å². The molecule has 1 atom stereocenters. The Morgan fingerprint density at radius 1 is 1.40 bits per heavy atom. The summed E-state index contributed by atoms with van der Waals surface area (Å²) in [6.07, 6.45) is 3.54. The monoisotopic (exact) mass is 318 g/mol. The summed E-state index contributed by atoms with van der Waals surface area (Å²) in [4.78, 5) is 0. The number of hydrogen-bond donors (Lipinski definition) is 2. The SMILES string of the molecule is CCCC(CC)Nc1ccc(I)cc1N. The van der Waals surface area contributed by atoms with E-state index in [2.05, 4.69) is 53.9 Å². The maximum atomic E-state index is 5.95. The van der Waals surface area contributed by atoms with Crippen molar-refractivity contribution in [1.29, 1.82) is 0 Å². The average molecular weight is 318 g/mol. The van der Waals surface area contributed by atoms with E-state index in [1.165, 1.54) is 16.4 Å². The molecule has 1 unspecified atom stereocenters. The molecule has 0 saturated carbocycles. The van der Waals surface area contributed by atoms with Gasteiger partial charge in [-0.1, -0.05) is 20.3 Å². The van der Waals surface area contributed by atoms with Crippen LogP contribution in [0.1, 0.15) is 33.1 Å². The van der Waals surface area contributed by atoms with Gasteiger partial charge in [0, 0.05) is 9.61 Å². The van der Waals surface area contributed by atoms with Gasteiger partial charge in [0.2, 0.25) is 0 Å². The molecular formula is C12H19IN2. The molecule has 15 heavy (non-hydrogen) atoms. The summed E-state index contributed by atoms with van der Waals surface area (Å²) < 4.78 is 1.18. The molecule has 0 aliphatic rings. The summed E-state index contributed by atoms with van der Waals surface area (Å²) in [7, 11) is 0. The first-order valence-corrected chi connectivity index (χ1v) is 6.56. The number of rotatable bonds is 5. The first-order valence-electron chi connectivity index (χ1n) is 5.49. The van der Waals surface area contributed by atoms with Gasteiger partial charge in [0.15, 0.2) is 0 Å². The molecule has 0 aliphatic heterocycles. The molecule has 1 aromatic carbocycles. The fourth-order valence-electron chi connectivity index (χ4n) is 1.61. The second kappa shape index (κ2) is 6.20. The third kappa shape index (κ3) is 3.89. The van der Waals surface area contributed by atoms with Crippen molar-refractivity contribution in [2.24, 2.45) is 0 Å². The molecule has 0 saturated heterocycles. The zero-order valence-corrected chi connectivity index (χ0v) is 11.5. The minimum atomic E-state index is 0.539. The average Bonchev–Trinajstić information content (AvgIpc) is 2.21. The highest BCUT2D eigenvalue weighted by atomic mass is 127. The summed E-state index contributed by atoms with van der Waals surface area (Å²) >= 11 is 2.27. The van der Waals surface area contributed by atoms with Crippen LogP contribution in [-0.4, -0.2) is 6.04 Å². The molecule has 1 rings (SSSR count). The lowest BCUT2D eigenvalue weighted by molar-refractivity contribution is 0.623. The van der Waals surface area contributed by atoms with E-state index >= 15 is 0 Å². The summed E-state index contributed by atoms with van der Waals surface area (Å²) in [5.41, 5.74) is 7.86. The molecule has 3 heteroatoms. The van der Waals surface area contributed by atoms with Gasteiger partial charge in [-0.25, -0.2) is 0 Å². The predicted molar refractivity (Wildman–Crippen MR) is 76.2 cm³/mol. The van der Waals surface area contributed by atoms with Crippen molar-refractivity contribution < 1.29 is 0 Å². The van der Waals surface area contributed by atoms with Crippen molar-refractivity contribution in [3.05, 3.63) is 21.8 Å². The van der Waals surface area contributed by atoms with Gasteiger partial charge in [-0.15, -0.1) is 0 Å². The quantitative estimate of drug-likeness (QED) is 0.639. The standard InChI is InChI=1S/C12H19IN2/c1-3-5-10(4-2)15-12-7-6-9(13)8-11(12)14/h6-8,10,15H,3-5,14H2,1-2H3. The van der Waals surface area contributed by atoms with Gasteiger partial charge in [-0.2, -0.15) is 0 Å². The molecule has 84 valence electrons. The van der Waals surface area contributed by atoms with Gasteiger partial charge in [-0.05, 0) is 53.6 Å². The van der Waals surface area contributed by atoms with Gasteiger partial charge in [0.25, 0.3) is 0 Å². The first-order chi connectivity index (χ1) is 7.17. The molecule has 0 bridgehead atoms. The summed E-state index contributed by atoms with van der Waals surface area (Å²) in [5, 5.41) is 3.50. The largest absolute Gasteiger partial charge is 0.397 e. The van der Waals surface area contributed by atoms with E-state index in [-0.39, 0.29) is 0 Å². The third-order valence-electron chi connectivity index (χ3n) is 2.50. The lowest BCUT2D eigenvalue weighted by atomic mass is 10.1. The van der Waals surface area contributed by atoms with Crippen LogP contribution in [0.3, 0.4) is 0 Å². The number of benzene rings is 1. The normalized spacial score (nSPS) is 12.5. The summed E-state index contributed by atoms with van der Waals surface area (Å²) in [6.45, 7) is 4.41. The minimum absolute atomic E-state index is 0.539. The van der Waals surface area contributed by atoms with E-state index in [1.807, 2.05) is 6.07 Å². The molecule has 1 aromatic rings. The lowest BCUT2D eigenvalue weighted by Crippen LogP contribution is -2.18. The maximum absolute atomic E-state index is 5.95. The summed E-state index contributed by atoms with van der Waals surface area (Å²) in [6, 6.07) is 6.69. The Morgan fingerprint density at radius 2 is 2.13 bits per heavy atom. The van der Waals surface area contributed by atoms with Crippen molar-refractivity contribution in [1.82, 2.24) is 0 Å². The lowest BCUT2D eigenvalue weighted by Gasteiger charge is -2.18. The molecule has 0 aromatic heterocycles. The van der Waals surface area contributed by atoms with Crippen molar-refractivity contribution in [2.45, 2.75) is 39.2 Å². The third-order valence-corrected chi connectivity index (χ3v) is 3.17. The number of anilines is 2. The minimum Gasteiger partial charge on any atom is -0.397 e. The number of nitrogens with two attached hydrogens (primary N) is 1. The van der Waals surface area contributed by atoms with Gasteiger partial charge in [0.05, 0.1) is 11.4 Å². The molecule has 0 fully saturated rings. The van der Waals surface area contributed by atoms with Crippen molar-refractivity contribution in [2.75, 3.05) is 11.1 Å². The molecule has 3 N–H and O–H groups in total. The first kappa shape index (κ1) is 12.6. The Kier molecular flexibility index (Phi) is 5.22. The van der Waals surface area contributed by atoms with Crippen LogP contribution < -0.4 is 11.1 Å². The predicted octanol–water partition coefficient (Wildman–Crippen LogP) is 3.86. The Bertz CT molecular complexity index is 312. The van der Waals surface area contributed by atoms with Gasteiger partial charge >= 0.3 is 0 Å². The fourth-order valence-corrected chi connectivity index (χ4v) is 2.13. The Balaban J connectivity index is 2.70. The highest BCUT2D eigenvalue weighted by Crippen LogP contribution is 2.22. The highest BCUT2D eigenvalue weighted by Gasteiger charge is 2.06. The topological polar surface area (TPSA) is 38.0 Å². The van der Waals surface area contributed by atoms with Crippen LogP contribution in [0.15, 0.2) is 18.2 Å². The van der Waals surface area contributed by atoms with E-state index in [1.54, 1.807) is 0 Å². The number of nitrogens with one attached hydrogen (secondary N) is 1. The second-order valence-corrected chi connectivity index (χ2v) is 5.02. The molecule has 0 heterocycles. The van der Waals surface area contributed by atoms with Gasteiger partial charge in [-0.3, -0.25) is 0 Å². The molecule has 0 radical (unpaired) electrons. The zero-order valence-electron chi connectivity index (χ0n) is 9.39. The molecule has 0 spiro atoms. The van der Waals surface area contributed by atoms with Crippen LogP contribution in [0.5, 0.6) is 0 Å². The highest BCUT2D eigenvalue weighted by molar-refractivity contribution is 14.1. The number of nitrogen functional groups attached to an aromatic ring is 1. The zero-order chi connectivity index (χ0) is 11.3. The number of halogens is 1. The van der Waals surface area contributed by atoms with Crippen LogP contribution >= 0.6 is 22.6 Å². The van der Waals surface area contributed by atoms with Crippen LogP contribution in [0.2, 0.25) is 0 Å². The Hall–Kier alpha value is -0.450. The van der Waals surface area contributed by atoms with E-state index in [9.17, 15) is 0 Å². The Morgan fingerprint density at radius 3 is 2.67 bits per heavy atom. The maximum Gasteiger partial charge on any atom is 0.0576 e.